The van der Waals surface area contributed by atoms with Crippen LogP contribution in [-0.4, -0.2) is 12.6 Å². The summed E-state index contributed by atoms with van der Waals surface area (Å²) in [6.45, 7) is 4.67. The molecule has 0 spiro atoms. The molecule has 2 saturated carbocycles. The summed E-state index contributed by atoms with van der Waals surface area (Å²) in [7, 11) is 0. The van der Waals surface area contributed by atoms with Gasteiger partial charge in [-0.05, 0) is 74.8 Å². The molecule has 2 aliphatic carbocycles. The number of benzene rings is 1. The molecule has 2 fully saturated rings. The fourth-order valence-electron chi connectivity index (χ4n) is 5.61. The normalized spacial score (nSPS) is 26.0. The molecule has 5 heteroatoms. The van der Waals surface area contributed by atoms with Gasteiger partial charge in [-0.2, -0.15) is 8.78 Å². The summed E-state index contributed by atoms with van der Waals surface area (Å²) < 4.78 is 39.3. The SMILES string of the molecule is CCCCCOc1ccc(OC(=O)C2CCC(C3CCC(CCC)CC3)CC2)c(F)c1F. The minimum absolute atomic E-state index is 0.132. The van der Waals surface area contributed by atoms with Crippen molar-refractivity contribution >= 4 is 5.97 Å². The van der Waals surface area contributed by atoms with E-state index in [0.29, 0.717) is 12.5 Å². The summed E-state index contributed by atoms with van der Waals surface area (Å²) in [5.41, 5.74) is 0. The van der Waals surface area contributed by atoms with Crippen LogP contribution >= 0.6 is 0 Å². The molecule has 2 aliphatic rings. The van der Waals surface area contributed by atoms with Gasteiger partial charge in [-0.25, -0.2) is 0 Å². The summed E-state index contributed by atoms with van der Waals surface area (Å²) in [4.78, 5) is 12.6. The van der Waals surface area contributed by atoms with Gasteiger partial charge in [0.1, 0.15) is 0 Å². The van der Waals surface area contributed by atoms with Gasteiger partial charge >= 0.3 is 5.97 Å². The van der Waals surface area contributed by atoms with E-state index in [1.54, 1.807) is 0 Å². The second-order valence-electron chi connectivity index (χ2n) is 9.85. The smallest absolute Gasteiger partial charge is 0.314 e. The van der Waals surface area contributed by atoms with E-state index in [1.807, 2.05) is 0 Å². The molecule has 0 heterocycles. The van der Waals surface area contributed by atoms with E-state index < -0.39 is 17.6 Å². The zero-order chi connectivity index (χ0) is 22.9. The van der Waals surface area contributed by atoms with Crippen molar-refractivity contribution in [2.75, 3.05) is 6.61 Å². The molecule has 0 N–H and O–H groups in total. The Balaban J connectivity index is 1.46. The third kappa shape index (κ3) is 6.68. The molecule has 0 atom stereocenters. The number of carbonyl (C=O) groups is 1. The number of halogens is 2. The first kappa shape index (κ1) is 25.0. The van der Waals surface area contributed by atoms with E-state index in [0.717, 1.165) is 56.8 Å². The third-order valence-corrected chi connectivity index (χ3v) is 7.59. The third-order valence-electron chi connectivity index (χ3n) is 7.59. The van der Waals surface area contributed by atoms with Crippen LogP contribution in [0.3, 0.4) is 0 Å². The van der Waals surface area contributed by atoms with Crippen molar-refractivity contribution in [3.05, 3.63) is 23.8 Å². The first-order chi connectivity index (χ1) is 15.5. The fraction of sp³-hybridized carbons (Fsp3) is 0.741. The number of hydrogen-bond donors (Lipinski definition) is 0. The van der Waals surface area contributed by atoms with Crippen molar-refractivity contribution in [1.82, 2.24) is 0 Å². The van der Waals surface area contributed by atoms with Gasteiger partial charge in [0.25, 0.3) is 0 Å². The van der Waals surface area contributed by atoms with E-state index in [4.69, 9.17) is 9.47 Å². The number of hydrogen-bond acceptors (Lipinski definition) is 3. The lowest BCUT2D eigenvalue weighted by atomic mass is 9.69. The molecule has 180 valence electrons. The van der Waals surface area contributed by atoms with Gasteiger partial charge < -0.3 is 9.47 Å². The zero-order valence-electron chi connectivity index (χ0n) is 19.8. The van der Waals surface area contributed by atoms with Gasteiger partial charge in [-0.3, -0.25) is 4.79 Å². The first-order valence-electron chi connectivity index (χ1n) is 12.9. The highest BCUT2D eigenvalue weighted by molar-refractivity contribution is 5.75. The lowest BCUT2D eigenvalue weighted by Crippen LogP contribution is -2.30. The highest BCUT2D eigenvalue weighted by atomic mass is 19.2. The van der Waals surface area contributed by atoms with Gasteiger partial charge in [0.2, 0.25) is 11.6 Å². The van der Waals surface area contributed by atoms with Crippen LogP contribution in [-0.2, 0) is 4.79 Å². The van der Waals surface area contributed by atoms with Crippen molar-refractivity contribution in [2.24, 2.45) is 23.7 Å². The molecule has 0 amide bonds. The maximum absolute atomic E-state index is 14.4. The van der Waals surface area contributed by atoms with Gasteiger partial charge in [-0.1, -0.05) is 52.4 Å². The van der Waals surface area contributed by atoms with E-state index >= 15 is 0 Å². The summed E-state index contributed by atoms with van der Waals surface area (Å²) in [6.07, 6.45) is 14.4. The molecule has 0 aliphatic heterocycles. The van der Waals surface area contributed by atoms with Gasteiger partial charge in [0.05, 0.1) is 12.5 Å². The van der Waals surface area contributed by atoms with Crippen molar-refractivity contribution in [2.45, 2.75) is 97.3 Å². The lowest BCUT2D eigenvalue weighted by molar-refractivity contribution is -0.140. The highest BCUT2D eigenvalue weighted by Gasteiger charge is 2.34. The van der Waals surface area contributed by atoms with Crippen LogP contribution in [0.2, 0.25) is 0 Å². The molecular weight excluding hydrogens is 410 g/mol. The fourth-order valence-corrected chi connectivity index (χ4v) is 5.61. The highest BCUT2D eigenvalue weighted by Crippen LogP contribution is 2.42. The van der Waals surface area contributed by atoms with Crippen molar-refractivity contribution in [3.8, 4) is 11.5 Å². The summed E-state index contributed by atoms with van der Waals surface area (Å²) >= 11 is 0. The van der Waals surface area contributed by atoms with E-state index in [1.165, 1.54) is 50.7 Å². The van der Waals surface area contributed by atoms with Crippen molar-refractivity contribution in [1.29, 1.82) is 0 Å². The summed E-state index contributed by atoms with van der Waals surface area (Å²) in [5.74, 6) is -0.988. The minimum Gasteiger partial charge on any atom is -0.490 e. The Morgan fingerprint density at radius 2 is 1.44 bits per heavy atom. The first-order valence-corrected chi connectivity index (χ1v) is 12.9. The molecule has 32 heavy (non-hydrogen) atoms. The van der Waals surface area contributed by atoms with Crippen LogP contribution in [0.15, 0.2) is 12.1 Å². The second kappa shape index (κ2) is 12.6. The Labute approximate surface area is 192 Å². The lowest BCUT2D eigenvalue weighted by Gasteiger charge is -2.37. The topological polar surface area (TPSA) is 35.5 Å². The number of unbranched alkanes of at least 4 members (excludes halogenated alkanes) is 2. The van der Waals surface area contributed by atoms with Crippen molar-refractivity contribution in [3.63, 3.8) is 0 Å². The zero-order valence-corrected chi connectivity index (χ0v) is 19.8. The van der Waals surface area contributed by atoms with Crippen LogP contribution in [0.25, 0.3) is 0 Å². The molecule has 1 aromatic carbocycles. The Morgan fingerprint density at radius 1 is 0.844 bits per heavy atom. The Hall–Kier alpha value is -1.65. The average Bonchev–Trinajstić information content (AvgIpc) is 2.82. The molecule has 3 nitrogen and oxygen atoms in total. The molecular formula is C27H40F2O3. The van der Waals surface area contributed by atoms with Crippen LogP contribution in [0, 0.1) is 35.3 Å². The average molecular weight is 451 g/mol. The summed E-state index contributed by atoms with van der Waals surface area (Å²) in [6, 6.07) is 2.64. The van der Waals surface area contributed by atoms with Gasteiger partial charge in [0.15, 0.2) is 11.5 Å². The molecule has 0 saturated heterocycles. The Bertz CT molecular complexity index is 720. The van der Waals surface area contributed by atoms with E-state index in [9.17, 15) is 13.6 Å². The van der Waals surface area contributed by atoms with Crippen molar-refractivity contribution < 1.29 is 23.0 Å². The molecule has 1 aromatic rings. The molecule has 0 unspecified atom stereocenters. The van der Waals surface area contributed by atoms with E-state index in [-0.39, 0.29) is 17.4 Å². The second-order valence-corrected chi connectivity index (χ2v) is 9.85. The van der Waals surface area contributed by atoms with Gasteiger partial charge in [-0.15, -0.1) is 0 Å². The van der Waals surface area contributed by atoms with Crippen LogP contribution < -0.4 is 9.47 Å². The maximum Gasteiger partial charge on any atom is 0.314 e. The van der Waals surface area contributed by atoms with Crippen LogP contribution in [0.4, 0.5) is 8.78 Å². The van der Waals surface area contributed by atoms with Gasteiger partial charge in [0, 0.05) is 0 Å². The number of carbonyl (C=O) groups excluding carboxylic acids is 1. The molecule has 0 radical (unpaired) electrons. The molecule has 0 aromatic heterocycles. The number of ether oxygens (including phenoxy) is 2. The summed E-state index contributed by atoms with van der Waals surface area (Å²) in [5, 5.41) is 0. The monoisotopic (exact) mass is 450 g/mol. The molecule has 0 bridgehead atoms. The number of esters is 1. The maximum atomic E-state index is 14.4. The quantitative estimate of drug-likeness (QED) is 0.207. The predicted octanol–water partition coefficient (Wildman–Crippen LogP) is 7.85. The van der Waals surface area contributed by atoms with Crippen LogP contribution in [0.1, 0.15) is 97.3 Å². The minimum atomic E-state index is -1.15. The number of rotatable bonds is 10. The Morgan fingerprint density at radius 3 is 2.06 bits per heavy atom. The van der Waals surface area contributed by atoms with Crippen LogP contribution in [0.5, 0.6) is 11.5 Å². The largest absolute Gasteiger partial charge is 0.490 e. The van der Waals surface area contributed by atoms with E-state index in [2.05, 4.69) is 13.8 Å². The standard InChI is InChI=1S/C27H40F2O3/c1-3-5-6-18-31-23-16-17-24(26(29)25(23)28)32-27(30)22-14-12-21(13-15-22)20-10-8-19(7-4-2)9-11-20/h16-17,19-22H,3-15,18H2,1-2H3. The Kier molecular flexibility index (Phi) is 9.80. The predicted molar refractivity (Wildman–Crippen MR) is 123 cm³/mol. The molecule has 3 rings (SSSR count).